The lowest BCUT2D eigenvalue weighted by atomic mass is 10.4. The van der Waals surface area contributed by atoms with Crippen molar-refractivity contribution in [3.8, 4) is 0 Å². The van der Waals surface area contributed by atoms with Gasteiger partial charge < -0.3 is 9.88 Å². The second-order valence-corrected chi connectivity index (χ2v) is 4.28. The standard InChI is InChI=1S/C11H15N3S/c1-2-6-14-7-3-4-10(14)9-13-11-12-5-8-15-11/h3-5,7-8H,2,6,9H2,1H3,(H,12,13). The molecule has 0 atom stereocenters. The van der Waals surface area contributed by atoms with Gasteiger partial charge in [-0.2, -0.15) is 0 Å². The number of aromatic nitrogens is 2. The van der Waals surface area contributed by atoms with Crippen molar-refractivity contribution in [2.45, 2.75) is 26.4 Å². The number of hydrogen-bond donors (Lipinski definition) is 1. The van der Waals surface area contributed by atoms with Gasteiger partial charge >= 0.3 is 0 Å². The molecule has 3 nitrogen and oxygen atoms in total. The summed E-state index contributed by atoms with van der Waals surface area (Å²) in [6.45, 7) is 4.13. The van der Waals surface area contributed by atoms with Gasteiger partial charge in [-0.15, -0.1) is 11.3 Å². The predicted molar refractivity (Wildman–Crippen MR) is 64.2 cm³/mol. The van der Waals surface area contributed by atoms with Crippen LogP contribution in [0.3, 0.4) is 0 Å². The Bertz CT molecular complexity index is 392. The van der Waals surface area contributed by atoms with E-state index in [9.17, 15) is 0 Å². The summed E-state index contributed by atoms with van der Waals surface area (Å²) in [5.74, 6) is 0. The zero-order valence-corrected chi connectivity index (χ0v) is 9.63. The van der Waals surface area contributed by atoms with Crippen molar-refractivity contribution in [1.29, 1.82) is 0 Å². The first-order chi connectivity index (χ1) is 7.40. The first-order valence-corrected chi connectivity index (χ1v) is 6.05. The third kappa shape index (κ3) is 2.59. The Morgan fingerprint density at radius 1 is 1.53 bits per heavy atom. The van der Waals surface area contributed by atoms with Crippen molar-refractivity contribution in [2.24, 2.45) is 0 Å². The quantitative estimate of drug-likeness (QED) is 0.841. The van der Waals surface area contributed by atoms with Gasteiger partial charge in [-0.3, -0.25) is 0 Å². The van der Waals surface area contributed by atoms with E-state index in [1.165, 1.54) is 12.1 Å². The number of nitrogens with one attached hydrogen (secondary N) is 1. The van der Waals surface area contributed by atoms with Gasteiger partial charge in [-0.25, -0.2) is 4.98 Å². The highest BCUT2D eigenvalue weighted by Crippen LogP contribution is 2.12. The van der Waals surface area contributed by atoms with Crippen molar-refractivity contribution in [1.82, 2.24) is 9.55 Å². The van der Waals surface area contributed by atoms with E-state index >= 15 is 0 Å². The summed E-state index contributed by atoms with van der Waals surface area (Å²) in [5, 5.41) is 6.28. The Morgan fingerprint density at radius 3 is 3.20 bits per heavy atom. The van der Waals surface area contributed by atoms with Gasteiger partial charge in [0.1, 0.15) is 0 Å². The lowest BCUT2D eigenvalue weighted by Gasteiger charge is -2.08. The Morgan fingerprint density at radius 2 is 2.47 bits per heavy atom. The van der Waals surface area contributed by atoms with Gasteiger partial charge in [-0.1, -0.05) is 6.92 Å². The smallest absolute Gasteiger partial charge is 0.182 e. The monoisotopic (exact) mass is 221 g/mol. The number of nitrogens with zero attached hydrogens (tertiary/aromatic N) is 2. The summed E-state index contributed by atoms with van der Waals surface area (Å²) < 4.78 is 2.28. The van der Waals surface area contributed by atoms with Crippen LogP contribution >= 0.6 is 11.3 Å². The Labute approximate surface area is 93.8 Å². The van der Waals surface area contributed by atoms with E-state index in [0.29, 0.717) is 0 Å². The van der Waals surface area contributed by atoms with Gasteiger partial charge in [0.2, 0.25) is 0 Å². The molecule has 0 radical (unpaired) electrons. The Balaban J connectivity index is 1.95. The summed E-state index contributed by atoms with van der Waals surface area (Å²) in [7, 11) is 0. The molecule has 1 N–H and O–H groups in total. The Kier molecular flexibility index (Phi) is 3.40. The second kappa shape index (κ2) is 4.98. The summed E-state index contributed by atoms with van der Waals surface area (Å²) in [6, 6.07) is 4.24. The lowest BCUT2D eigenvalue weighted by Crippen LogP contribution is -2.06. The first-order valence-electron chi connectivity index (χ1n) is 5.17. The highest BCUT2D eigenvalue weighted by Gasteiger charge is 2.00. The van der Waals surface area contributed by atoms with Crippen molar-refractivity contribution in [3.05, 3.63) is 35.6 Å². The fraction of sp³-hybridized carbons (Fsp3) is 0.364. The number of hydrogen-bond acceptors (Lipinski definition) is 3. The van der Waals surface area contributed by atoms with E-state index in [1.54, 1.807) is 11.3 Å². The third-order valence-corrected chi connectivity index (χ3v) is 2.97. The normalized spacial score (nSPS) is 10.5. The molecule has 0 aliphatic heterocycles. The number of thiazole rings is 1. The van der Waals surface area contributed by atoms with Crippen LogP contribution in [0.1, 0.15) is 19.0 Å². The number of anilines is 1. The van der Waals surface area contributed by atoms with Gasteiger partial charge in [0.15, 0.2) is 5.13 Å². The summed E-state index contributed by atoms with van der Waals surface area (Å²) in [4.78, 5) is 4.19. The average molecular weight is 221 g/mol. The molecule has 0 bridgehead atoms. The van der Waals surface area contributed by atoms with E-state index in [1.807, 2.05) is 11.6 Å². The largest absolute Gasteiger partial charge is 0.356 e. The molecule has 4 heteroatoms. The molecule has 80 valence electrons. The second-order valence-electron chi connectivity index (χ2n) is 3.38. The van der Waals surface area contributed by atoms with Crippen LogP contribution in [0, 0.1) is 0 Å². The van der Waals surface area contributed by atoms with Crippen LogP contribution < -0.4 is 5.32 Å². The van der Waals surface area contributed by atoms with Crippen molar-refractivity contribution < 1.29 is 0 Å². The molecule has 0 aliphatic carbocycles. The minimum absolute atomic E-state index is 0.848. The molecule has 2 aromatic rings. The zero-order chi connectivity index (χ0) is 10.5. The average Bonchev–Trinajstić information content (AvgIpc) is 2.85. The van der Waals surface area contributed by atoms with Gasteiger partial charge in [0, 0.05) is 30.0 Å². The number of rotatable bonds is 5. The van der Waals surface area contributed by atoms with Crippen LogP contribution in [0.25, 0.3) is 0 Å². The summed E-state index contributed by atoms with van der Waals surface area (Å²) in [6.07, 6.45) is 5.11. The van der Waals surface area contributed by atoms with E-state index in [4.69, 9.17) is 0 Å². The van der Waals surface area contributed by atoms with Gasteiger partial charge in [0.05, 0.1) is 6.54 Å². The van der Waals surface area contributed by atoms with Crippen LogP contribution in [-0.2, 0) is 13.1 Å². The van der Waals surface area contributed by atoms with Crippen LogP contribution in [0.2, 0.25) is 0 Å². The molecule has 2 heterocycles. The molecule has 0 amide bonds. The van der Waals surface area contributed by atoms with Crippen molar-refractivity contribution >= 4 is 16.5 Å². The summed E-state index contributed by atoms with van der Waals surface area (Å²) >= 11 is 1.63. The Hall–Kier alpha value is -1.29. The van der Waals surface area contributed by atoms with Crippen LogP contribution in [-0.4, -0.2) is 9.55 Å². The molecule has 0 aliphatic rings. The molecule has 2 aromatic heterocycles. The molecular weight excluding hydrogens is 206 g/mol. The van der Waals surface area contributed by atoms with Gasteiger partial charge in [0.25, 0.3) is 0 Å². The van der Waals surface area contributed by atoms with E-state index in [2.05, 4.69) is 40.1 Å². The molecule has 0 spiro atoms. The minimum Gasteiger partial charge on any atom is -0.356 e. The maximum Gasteiger partial charge on any atom is 0.182 e. The SMILES string of the molecule is CCCn1cccc1CNc1nccs1. The predicted octanol–water partition coefficient (Wildman–Crippen LogP) is 2.97. The number of aryl methyl sites for hydroxylation is 1. The van der Waals surface area contributed by atoms with E-state index in [-0.39, 0.29) is 0 Å². The minimum atomic E-state index is 0.848. The molecule has 0 saturated carbocycles. The summed E-state index contributed by atoms with van der Waals surface area (Å²) in [5.41, 5.74) is 1.31. The maximum atomic E-state index is 4.19. The van der Waals surface area contributed by atoms with Gasteiger partial charge in [-0.05, 0) is 18.6 Å². The molecule has 15 heavy (non-hydrogen) atoms. The molecule has 0 saturated heterocycles. The molecule has 2 rings (SSSR count). The van der Waals surface area contributed by atoms with Crippen LogP contribution in [0.15, 0.2) is 29.9 Å². The van der Waals surface area contributed by atoms with E-state index in [0.717, 1.165) is 18.2 Å². The topological polar surface area (TPSA) is 29.9 Å². The zero-order valence-electron chi connectivity index (χ0n) is 8.81. The fourth-order valence-electron chi connectivity index (χ4n) is 1.55. The highest BCUT2D eigenvalue weighted by atomic mass is 32.1. The maximum absolute atomic E-state index is 4.19. The van der Waals surface area contributed by atoms with Crippen molar-refractivity contribution in [2.75, 3.05) is 5.32 Å². The lowest BCUT2D eigenvalue weighted by molar-refractivity contribution is 0.654. The van der Waals surface area contributed by atoms with Crippen LogP contribution in [0.5, 0.6) is 0 Å². The molecule has 0 fully saturated rings. The third-order valence-electron chi connectivity index (χ3n) is 2.24. The highest BCUT2D eigenvalue weighted by molar-refractivity contribution is 7.13. The fourth-order valence-corrected chi connectivity index (χ4v) is 2.07. The molecule has 0 aromatic carbocycles. The van der Waals surface area contributed by atoms with E-state index < -0.39 is 0 Å². The molecular formula is C11H15N3S. The molecule has 0 unspecified atom stereocenters. The van der Waals surface area contributed by atoms with Crippen molar-refractivity contribution in [3.63, 3.8) is 0 Å². The van der Waals surface area contributed by atoms with Crippen LogP contribution in [0.4, 0.5) is 5.13 Å². The first kappa shape index (κ1) is 10.2.